The Bertz CT molecular complexity index is 934. The Labute approximate surface area is 144 Å². The number of non-ortho nitro benzene ring substituents is 1. The predicted octanol–water partition coefficient (Wildman–Crippen LogP) is 2.65. The van der Waals surface area contributed by atoms with Crippen molar-refractivity contribution in [2.24, 2.45) is 0 Å². The van der Waals surface area contributed by atoms with Crippen molar-refractivity contribution in [2.45, 2.75) is 13.5 Å². The lowest BCUT2D eigenvalue weighted by molar-refractivity contribution is -0.392. The number of anilines is 2. The van der Waals surface area contributed by atoms with Crippen molar-refractivity contribution in [3.8, 4) is 0 Å². The van der Waals surface area contributed by atoms with Crippen LogP contribution in [0.4, 0.5) is 22.3 Å². The van der Waals surface area contributed by atoms with Gasteiger partial charge in [-0.1, -0.05) is 11.3 Å². The minimum atomic E-state index is -0.503. The molecule has 0 aliphatic carbocycles. The zero-order chi connectivity index (χ0) is 18.0. The molecule has 12 heteroatoms. The molecule has 0 aliphatic heterocycles. The summed E-state index contributed by atoms with van der Waals surface area (Å²) in [5.41, 5.74) is 0.615. The quantitative estimate of drug-likeness (QED) is 0.521. The summed E-state index contributed by atoms with van der Waals surface area (Å²) in [4.78, 5) is 24.6. The summed E-state index contributed by atoms with van der Waals surface area (Å²) in [5, 5.41) is 33.6. The smallest absolute Gasteiger partial charge is 0.343 e. The van der Waals surface area contributed by atoms with Crippen molar-refractivity contribution in [2.75, 3.05) is 5.32 Å². The molecule has 25 heavy (non-hydrogen) atoms. The topological polar surface area (TPSA) is 142 Å². The summed E-state index contributed by atoms with van der Waals surface area (Å²) in [7, 11) is 0. The molecule has 0 saturated carbocycles. The highest BCUT2D eigenvalue weighted by atomic mass is 32.1. The van der Waals surface area contributed by atoms with E-state index in [2.05, 4.69) is 20.5 Å². The molecule has 0 radical (unpaired) electrons. The van der Waals surface area contributed by atoms with E-state index in [0.29, 0.717) is 21.7 Å². The Kier molecular flexibility index (Phi) is 4.35. The van der Waals surface area contributed by atoms with Crippen LogP contribution >= 0.6 is 11.3 Å². The van der Waals surface area contributed by atoms with Crippen LogP contribution in [0, 0.1) is 27.2 Å². The highest BCUT2D eigenvalue weighted by molar-refractivity contribution is 7.15. The van der Waals surface area contributed by atoms with Gasteiger partial charge in [0.05, 0.1) is 4.92 Å². The largest absolute Gasteiger partial charge is 0.358 e. The highest BCUT2D eigenvalue weighted by Gasteiger charge is 2.19. The van der Waals surface area contributed by atoms with Crippen LogP contribution in [0.1, 0.15) is 10.8 Å². The monoisotopic (exact) mass is 361 g/mol. The second-order valence-electron chi connectivity index (χ2n) is 4.94. The first-order valence-electron chi connectivity index (χ1n) is 6.94. The predicted molar refractivity (Wildman–Crippen MR) is 89.0 cm³/mol. The first-order valence-corrected chi connectivity index (χ1v) is 7.76. The molecule has 0 atom stereocenters. The van der Waals surface area contributed by atoms with Crippen LogP contribution in [-0.2, 0) is 6.54 Å². The van der Waals surface area contributed by atoms with E-state index in [0.717, 1.165) is 0 Å². The van der Waals surface area contributed by atoms with Gasteiger partial charge in [-0.2, -0.15) is 0 Å². The zero-order valence-corrected chi connectivity index (χ0v) is 13.6. The normalized spacial score (nSPS) is 10.6. The number of nitrogens with one attached hydrogen (secondary N) is 1. The van der Waals surface area contributed by atoms with Gasteiger partial charge in [0.1, 0.15) is 12.7 Å². The van der Waals surface area contributed by atoms with Crippen LogP contribution in [0.3, 0.4) is 0 Å². The number of imidazole rings is 1. The second-order valence-corrected chi connectivity index (χ2v) is 6.00. The Morgan fingerprint density at radius 3 is 2.52 bits per heavy atom. The van der Waals surface area contributed by atoms with Gasteiger partial charge in [-0.25, -0.2) is 9.55 Å². The van der Waals surface area contributed by atoms with Crippen LogP contribution < -0.4 is 5.32 Å². The fourth-order valence-corrected chi connectivity index (χ4v) is 2.84. The number of nitro benzene ring substituents is 1. The highest BCUT2D eigenvalue weighted by Crippen LogP contribution is 2.24. The maximum absolute atomic E-state index is 11.0. The Morgan fingerprint density at radius 1 is 1.16 bits per heavy atom. The lowest BCUT2D eigenvalue weighted by Crippen LogP contribution is -2.05. The molecule has 0 amide bonds. The molecule has 0 unspecified atom stereocenters. The number of aromatic nitrogens is 4. The molecule has 2 aromatic heterocycles. The van der Waals surface area contributed by atoms with Gasteiger partial charge in [-0.15, -0.1) is 10.2 Å². The van der Waals surface area contributed by atoms with Gasteiger partial charge < -0.3 is 15.4 Å². The molecule has 0 aliphatic rings. The summed E-state index contributed by atoms with van der Waals surface area (Å²) >= 11 is 1.23. The number of nitro groups is 2. The second kappa shape index (κ2) is 6.60. The van der Waals surface area contributed by atoms with Crippen LogP contribution in [0.15, 0.2) is 30.5 Å². The van der Waals surface area contributed by atoms with Crippen molar-refractivity contribution >= 4 is 33.7 Å². The summed E-state index contributed by atoms with van der Waals surface area (Å²) < 4.78 is 1.44. The van der Waals surface area contributed by atoms with E-state index in [1.54, 1.807) is 19.1 Å². The minimum Gasteiger partial charge on any atom is -0.358 e. The zero-order valence-electron chi connectivity index (χ0n) is 12.8. The van der Waals surface area contributed by atoms with E-state index in [4.69, 9.17) is 0 Å². The molecule has 128 valence electrons. The number of rotatable bonds is 6. The lowest BCUT2D eigenvalue weighted by Gasteiger charge is -2.01. The van der Waals surface area contributed by atoms with Gasteiger partial charge in [-0.3, -0.25) is 10.1 Å². The van der Waals surface area contributed by atoms with Gasteiger partial charge in [0.2, 0.25) is 5.13 Å². The lowest BCUT2D eigenvalue weighted by atomic mass is 10.3. The van der Waals surface area contributed by atoms with Crippen molar-refractivity contribution in [1.82, 2.24) is 19.7 Å². The van der Waals surface area contributed by atoms with E-state index in [-0.39, 0.29) is 18.1 Å². The molecular formula is C13H11N7O4S. The third kappa shape index (κ3) is 3.58. The van der Waals surface area contributed by atoms with Crippen molar-refractivity contribution in [3.63, 3.8) is 0 Å². The molecule has 1 aromatic carbocycles. The first kappa shape index (κ1) is 16.4. The molecule has 0 spiro atoms. The molecule has 11 nitrogen and oxygen atoms in total. The van der Waals surface area contributed by atoms with Crippen LogP contribution in [0.25, 0.3) is 0 Å². The average molecular weight is 361 g/mol. The molecule has 1 N–H and O–H groups in total. The van der Waals surface area contributed by atoms with Crippen LogP contribution in [-0.4, -0.2) is 29.6 Å². The molecule has 3 aromatic rings. The first-order chi connectivity index (χ1) is 11.9. The maximum Gasteiger partial charge on any atom is 0.343 e. The Hall–Kier alpha value is -3.41. The molecule has 0 bridgehead atoms. The molecule has 0 fully saturated rings. The van der Waals surface area contributed by atoms with Crippen LogP contribution in [0.5, 0.6) is 0 Å². The number of hydrogen-bond donors (Lipinski definition) is 1. The molecular weight excluding hydrogens is 350 g/mol. The number of aryl methyl sites for hydroxylation is 1. The van der Waals surface area contributed by atoms with E-state index >= 15 is 0 Å². The Balaban J connectivity index is 1.74. The van der Waals surface area contributed by atoms with E-state index < -0.39 is 9.85 Å². The molecule has 3 rings (SSSR count). The van der Waals surface area contributed by atoms with Gasteiger partial charge in [0.15, 0.2) is 10.8 Å². The number of nitrogens with zero attached hydrogens (tertiary/aromatic N) is 6. The molecule has 0 saturated heterocycles. The number of benzene rings is 1. The summed E-state index contributed by atoms with van der Waals surface area (Å²) in [5.74, 6) is 0.393. The van der Waals surface area contributed by atoms with E-state index in [1.807, 2.05) is 0 Å². The van der Waals surface area contributed by atoms with E-state index in [9.17, 15) is 20.2 Å². The average Bonchev–Trinajstić information content (AvgIpc) is 3.16. The van der Waals surface area contributed by atoms with Gasteiger partial charge >= 0.3 is 5.82 Å². The van der Waals surface area contributed by atoms with Crippen molar-refractivity contribution < 1.29 is 9.85 Å². The molecule has 2 heterocycles. The maximum atomic E-state index is 11.0. The van der Waals surface area contributed by atoms with Crippen LogP contribution in [0.2, 0.25) is 0 Å². The van der Waals surface area contributed by atoms with Crippen molar-refractivity contribution in [3.05, 3.63) is 61.5 Å². The summed E-state index contributed by atoms with van der Waals surface area (Å²) in [6.07, 6.45) is 1.20. The van der Waals surface area contributed by atoms with E-state index in [1.165, 1.54) is 34.2 Å². The van der Waals surface area contributed by atoms with Gasteiger partial charge in [-0.05, 0) is 17.1 Å². The van der Waals surface area contributed by atoms with Crippen molar-refractivity contribution in [1.29, 1.82) is 0 Å². The standard InChI is InChI=1S/C13H11N7O4S/c1-8-14-6-12(20(23)24)18(8)7-11-16-17-13(25-11)15-9-2-4-10(5-3-9)19(21)22/h2-6H,7H2,1H3,(H,15,17). The van der Waals surface area contributed by atoms with Gasteiger partial charge in [0, 0.05) is 24.7 Å². The van der Waals surface area contributed by atoms with Gasteiger partial charge in [0.25, 0.3) is 5.69 Å². The fourth-order valence-electron chi connectivity index (χ4n) is 2.09. The fraction of sp³-hybridized carbons (Fsp3) is 0.154. The third-order valence-corrected chi connectivity index (χ3v) is 4.13. The number of hydrogen-bond acceptors (Lipinski definition) is 9. The SMILES string of the molecule is Cc1ncc([N+](=O)[O-])n1Cc1nnc(Nc2ccc([N+](=O)[O-])cc2)s1. The Morgan fingerprint density at radius 2 is 1.88 bits per heavy atom. The summed E-state index contributed by atoms with van der Waals surface area (Å²) in [6, 6.07) is 5.87. The third-order valence-electron chi connectivity index (χ3n) is 3.31. The minimum absolute atomic E-state index is 0.00797. The summed E-state index contributed by atoms with van der Waals surface area (Å²) in [6.45, 7) is 1.85.